The lowest BCUT2D eigenvalue weighted by Crippen LogP contribution is -2.40. The number of ether oxygens (including phenoxy) is 1. The van der Waals surface area contributed by atoms with Crippen LogP contribution in [0.15, 0.2) is 46.9 Å². The summed E-state index contributed by atoms with van der Waals surface area (Å²) < 4.78 is 6.87. The quantitative estimate of drug-likeness (QED) is 0.303. The van der Waals surface area contributed by atoms with Crippen molar-refractivity contribution in [2.24, 2.45) is 0 Å². The summed E-state index contributed by atoms with van der Waals surface area (Å²) in [5.41, 5.74) is 1.55. The Hall–Kier alpha value is -3.11. The molecule has 3 aromatic rings. The summed E-state index contributed by atoms with van der Waals surface area (Å²) in [6.07, 6.45) is 5.52. The van der Waals surface area contributed by atoms with Crippen LogP contribution in [0.2, 0.25) is 0 Å². The van der Waals surface area contributed by atoms with Crippen LogP contribution in [-0.4, -0.2) is 40.9 Å². The van der Waals surface area contributed by atoms with Crippen molar-refractivity contribution >= 4 is 45.3 Å². The van der Waals surface area contributed by atoms with Gasteiger partial charge in [-0.3, -0.25) is 19.5 Å². The first-order chi connectivity index (χ1) is 16.0. The van der Waals surface area contributed by atoms with Crippen molar-refractivity contribution in [3.63, 3.8) is 0 Å². The molecule has 0 bridgehead atoms. The summed E-state index contributed by atoms with van der Waals surface area (Å²) in [7, 11) is 1.57. The molecule has 1 aliphatic carbocycles. The third-order valence-corrected chi connectivity index (χ3v) is 7.39. The number of rotatable bonds is 7. The lowest BCUT2D eigenvalue weighted by atomic mass is 9.97. The molecular formula is C23H24N4O4S2. The van der Waals surface area contributed by atoms with E-state index < -0.39 is 11.9 Å². The number of methoxy groups -OCH3 is 1. The van der Waals surface area contributed by atoms with Crippen LogP contribution in [0.3, 0.4) is 0 Å². The number of carbonyl (C=O) groups excluding carboxylic acids is 2. The van der Waals surface area contributed by atoms with Gasteiger partial charge in [-0.1, -0.05) is 23.9 Å². The lowest BCUT2D eigenvalue weighted by Gasteiger charge is -2.14. The predicted octanol–water partition coefficient (Wildman–Crippen LogP) is 3.44. The van der Waals surface area contributed by atoms with Gasteiger partial charge in [0.15, 0.2) is 5.16 Å². The maximum absolute atomic E-state index is 13.7. The highest BCUT2D eigenvalue weighted by Gasteiger charge is 2.23. The molecule has 172 valence electrons. The average Bonchev–Trinajstić information content (AvgIpc) is 3.20. The fourth-order valence-corrected chi connectivity index (χ4v) is 5.88. The minimum absolute atomic E-state index is 0.0749. The van der Waals surface area contributed by atoms with Crippen molar-refractivity contribution in [1.29, 1.82) is 0 Å². The molecule has 0 saturated carbocycles. The van der Waals surface area contributed by atoms with Crippen molar-refractivity contribution in [2.75, 3.05) is 19.4 Å². The van der Waals surface area contributed by atoms with Crippen molar-refractivity contribution in [2.45, 2.75) is 30.8 Å². The average molecular weight is 485 g/mol. The second-order valence-corrected chi connectivity index (χ2v) is 9.49. The Morgan fingerprint density at radius 2 is 2.15 bits per heavy atom. The zero-order valence-corrected chi connectivity index (χ0v) is 19.8. The Kier molecular flexibility index (Phi) is 7.14. The number of thioether (sulfide) groups is 1. The number of aromatic nitrogens is 2. The monoisotopic (exact) mass is 484 g/mol. The van der Waals surface area contributed by atoms with Crippen LogP contribution >= 0.6 is 23.1 Å². The van der Waals surface area contributed by atoms with Gasteiger partial charge in [0.1, 0.15) is 10.6 Å². The summed E-state index contributed by atoms with van der Waals surface area (Å²) in [6.45, 7) is 3.77. The van der Waals surface area contributed by atoms with Gasteiger partial charge in [0, 0.05) is 17.5 Å². The van der Waals surface area contributed by atoms with E-state index in [0.717, 1.165) is 43.0 Å². The Balaban J connectivity index is 1.72. The summed E-state index contributed by atoms with van der Waals surface area (Å²) >= 11 is 2.67. The van der Waals surface area contributed by atoms with Crippen LogP contribution in [0, 0.1) is 0 Å². The maximum atomic E-state index is 13.7. The molecule has 33 heavy (non-hydrogen) atoms. The Labute approximate surface area is 199 Å². The fourth-order valence-electron chi connectivity index (χ4n) is 3.76. The van der Waals surface area contributed by atoms with Gasteiger partial charge in [-0.25, -0.2) is 9.78 Å². The molecular weight excluding hydrogens is 460 g/mol. The lowest BCUT2D eigenvalue weighted by molar-refractivity contribution is -0.117. The zero-order valence-electron chi connectivity index (χ0n) is 18.2. The molecule has 0 saturated heterocycles. The second kappa shape index (κ2) is 10.2. The number of thiophene rings is 1. The molecule has 8 nitrogen and oxygen atoms in total. The Morgan fingerprint density at radius 1 is 1.33 bits per heavy atom. The molecule has 0 radical (unpaired) electrons. The van der Waals surface area contributed by atoms with Gasteiger partial charge in [0.2, 0.25) is 5.91 Å². The highest BCUT2D eigenvalue weighted by molar-refractivity contribution is 7.99. The first-order valence-electron chi connectivity index (χ1n) is 10.5. The number of fused-ring (bicyclic) bond motifs is 3. The van der Waals surface area contributed by atoms with E-state index in [1.54, 1.807) is 36.6 Å². The minimum Gasteiger partial charge on any atom is -0.497 e. The predicted molar refractivity (Wildman–Crippen MR) is 131 cm³/mol. The number of hydrogen-bond acceptors (Lipinski definition) is 7. The largest absolute Gasteiger partial charge is 0.497 e. The van der Waals surface area contributed by atoms with Crippen LogP contribution in [0.25, 0.3) is 15.9 Å². The van der Waals surface area contributed by atoms with Crippen LogP contribution in [0.4, 0.5) is 4.79 Å². The second-order valence-electron chi connectivity index (χ2n) is 7.46. The fraction of sp³-hybridized carbons (Fsp3) is 0.304. The molecule has 2 heterocycles. The Morgan fingerprint density at radius 3 is 2.94 bits per heavy atom. The number of urea groups is 1. The van der Waals surface area contributed by atoms with Crippen molar-refractivity contribution < 1.29 is 14.3 Å². The number of benzene rings is 1. The highest BCUT2D eigenvalue weighted by atomic mass is 32.2. The van der Waals surface area contributed by atoms with E-state index in [9.17, 15) is 14.4 Å². The van der Waals surface area contributed by atoms with Gasteiger partial charge >= 0.3 is 6.03 Å². The molecule has 10 heteroatoms. The zero-order chi connectivity index (χ0) is 23.4. The molecule has 0 spiro atoms. The number of aryl methyl sites for hydroxylation is 2. The number of amides is 3. The highest BCUT2D eigenvalue weighted by Crippen LogP contribution is 2.35. The van der Waals surface area contributed by atoms with Gasteiger partial charge in [-0.2, -0.15) is 0 Å². The van der Waals surface area contributed by atoms with Gasteiger partial charge in [-0.05, 0) is 43.4 Å². The first kappa shape index (κ1) is 23.1. The number of nitrogens with zero attached hydrogens (tertiary/aromatic N) is 2. The smallest absolute Gasteiger partial charge is 0.321 e. The summed E-state index contributed by atoms with van der Waals surface area (Å²) in [5.74, 6) is 0.0483. The third-order valence-electron chi connectivity index (χ3n) is 5.26. The molecule has 0 fully saturated rings. The molecule has 2 N–H and O–H groups in total. The standard InChI is InChI=1S/C23H24N4O4S2/c1-3-11-24-22(30)25-18(28)13-32-23-26-20-19(16-9-4-5-10-17(16)33-20)21(29)27(23)14-7-6-8-15(12-14)31-2/h3,6-8,12H,1,4-5,9-11,13H2,2H3,(H2,24,25,28,30). The van der Waals surface area contributed by atoms with Crippen LogP contribution in [-0.2, 0) is 17.6 Å². The van der Waals surface area contributed by atoms with Crippen LogP contribution in [0.1, 0.15) is 23.3 Å². The van der Waals surface area contributed by atoms with Gasteiger partial charge in [0.05, 0.1) is 23.9 Å². The summed E-state index contributed by atoms with van der Waals surface area (Å²) in [6, 6.07) is 6.58. The van der Waals surface area contributed by atoms with Crippen molar-refractivity contribution in [1.82, 2.24) is 20.2 Å². The number of hydrogen-bond donors (Lipinski definition) is 2. The van der Waals surface area contributed by atoms with Gasteiger partial charge in [-0.15, -0.1) is 17.9 Å². The van der Waals surface area contributed by atoms with Gasteiger partial charge < -0.3 is 10.1 Å². The molecule has 3 amide bonds. The van der Waals surface area contributed by atoms with Gasteiger partial charge in [0.25, 0.3) is 5.56 Å². The molecule has 2 aromatic heterocycles. The number of carbonyl (C=O) groups is 2. The normalized spacial score (nSPS) is 12.8. The SMILES string of the molecule is C=CCNC(=O)NC(=O)CSc1nc2sc3c(c2c(=O)n1-c1cccc(OC)c1)CCCC3. The number of imide groups is 1. The number of nitrogens with one attached hydrogen (secondary N) is 2. The van der Waals surface area contributed by atoms with E-state index in [-0.39, 0.29) is 17.9 Å². The minimum atomic E-state index is -0.597. The maximum Gasteiger partial charge on any atom is 0.321 e. The third kappa shape index (κ3) is 4.96. The van der Waals surface area contributed by atoms with E-state index in [1.807, 2.05) is 6.07 Å². The van der Waals surface area contributed by atoms with Crippen molar-refractivity contribution in [3.05, 3.63) is 57.7 Å². The summed E-state index contributed by atoms with van der Waals surface area (Å²) in [5, 5.41) is 5.81. The molecule has 4 rings (SSSR count). The van der Waals surface area contributed by atoms with Crippen molar-refractivity contribution in [3.8, 4) is 11.4 Å². The molecule has 0 atom stereocenters. The molecule has 1 aromatic carbocycles. The van der Waals surface area contributed by atoms with Crippen LogP contribution in [0.5, 0.6) is 5.75 Å². The molecule has 1 aliphatic rings. The van der Waals surface area contributed by atoms with Crippen LogP contribution < -0.4 is 20.9 Å². The summed E-state index contributed by atoms with van der Waals surface area (Å²) in [4.78, 5) is 44.5. The topological polar surface area (TPSA) is 102 Å². The van der Waals surface area contributed by atoms with E-state index in [0.29, 0.717) is 26.8 Å². The van der Waals surface area contributed by atoms with E-state index in [1.165, 1.54) is 15.5 Å². The molecule has 0 aliphatic heterocycles. The Bertz CT molecular complexity index is 1280. The molecule has 0 unspecified atom stereocenters. The van der Waals surface area contributed by atoms with E-state index >= 15 is 0 Å². The van der Waals surface area contributed by atoms with E-state index in [2.05, 4.69) is 17.2 Å². The van der Waals surface area contributed by atoms with E-state index in [4.69, 9.17) is 9.72 Å². The first-order valence-corrected chi connectivity index (χ1v) is 12.3.